The molecule has 2 aromatic heterocycles. The zero-order chi connectivity index (χ0) is 31.6. The molecule has 12 nitrogen and oxygen atoms in total. The van der Waals surface area contributed by atoms with Crippen LogP contribution in [0.1, 0.15) is 54.7 Å². The third kappa shape index (κ3) is 6.71. The molecular formula is C28H32F3N5O7. The lowest BCUT2D eigenvalue weighted by Gasteiger charge is -2.37. The summed E-state index contributed by atoms with van der Waals surface area (Å²) in [6.45, 7) is 3.71. The van der Waals surface area contributed by atoms with Crippen LogP contribution in [0.25, 0.3) is 0 Å². The Hall–Kier alpha value is -4.27. The van der Waals surface area contributed by atoms with Gasteiger partial charge in [-0.25, -0.2) is 14.2 Å². The van der Waals surface area contributed by atoms with Crippen molar-refractivity contribution in [2.24, 2.45) is 11.8 Å². The Morgan fingerprint density at radius 1 is 1.12 bits per heavy atom. The minimum atomic E-state index is -1.74. The van der Waals surface area contributed by atoms with E-state index in [2.05, 4.69) is 25.9 Å². The van der Waals surface area contributed by atoms with Gasteiger partial charge >= 0.3 is 5.97 Å². The summed E-state index contributed by atoms with van der Waals surface area (Å²) < 4.78 is 48.3. The summed E-state index contributed by atoms with van der Waals surface area (Å²) in [6, 6.07) is -1.70. The van der Waals surface area contributed by atoms with Crippen LogP contribution in [-0.2, 0) is 25.5 Å². The van der Waals surface area contributed by atoms with Gasteiger partial charge in [0.2, 0.25) is 17.8 Å². The highest BCUT2D eigenvalue weighted by Gasteiger charge is 2.42. The first kappa shape index (κ1) is 31.7. The molecule has 2 fully saturated rings. The minimum Gasteiger partial charge on any atom is -0.505 e. The number of aliphatic hydroxyl groups is 1. The minimum absolute atomic E-state index is 0.274. The number of carbonyl (C=O) groups is 4. The van der Waals surface area contributed by atoms with E-state index in [1.54, 1.807) is 0 Å². The van der Waals surface area contributed by atoms with Crippen LogP contribution in [0.3, 0.4) is 0 Å². The number of ether oxygens (including phenoxy) is 1. The van der Waals surface area contributed by atoms with Crippen LogP contribution >= 0.6 is 0 Å². The molecule has 232 valence electrons. The topological polar surface area (TPSA) is 180 Å². The number of carbonyl (C=O) groups excluding carboxylic acids is 4. The second-order valence-corrected chi connectivity index (χ2v) is 10.9. The van der Waals surface area contributed by atoms with Crippen LogP contribution in [0.4, 0.5) is 13.2 Å². The van der Waals surface area contributed by atoms with Crippen molar-refractivity contribution in [3.63, 3.8) is 0 Å². The van der Waals surface area contributed by atoms with Crippen LogP contribution in [0.5, 0.6) is 5.75 Å². The van der Waals surface area contributed by atoms with E-state index in [0.29, 0.717) is 12.8 Å². The zero-order valence-electron chi connectivity index (χ0n) is 23.6. The largest absolute Gasteiger partial charge is 0.505 e. The van der Waals surface area contributed by atoms with E-state index >= 15 is 0 Å². The number of hydrogen-bond donors (Lipinski definition) is 5. The van der Waals surface area contributed by atoms with Gasteiger partial charge in [-0.3, -0.25) is 14.4 Å². The first-order chi connectivity index (χ1) is 20.3. The van der Waals surface area contributed by atoms with Crippen molar-refractivity contribution in [2.75, 3.05) is 0 Å². The van der Waals surface area contributed by atoms with Gasteiger partial charge in [0.1, 0.15) is 23.9 Å². The van der Waals surface area contributed by atoms with Crippen molar-refractivity contribution in [1.82, 2.24) is 25.9 Å². The Bertz CT molecular complexity index is 1420. The Kier molecular flexibility index (Phi) is 9.52. The molecule has 3 heterocycles. The number of nitrogens with zero attached hydrogens (tertiary/aromatic N) is 2. The molecule has 1 saturated heterocycles. The highest BCUT2D eigenvalue weighted by atomic mass is 19.2. The predicted molar refractivity (Wildman–Crippen MR) is 142 cm³/mol. The predicted octanol–water partition coefficient (Wildman–Crippen LogP) is 0.961. The van der Waals surface area contributed by atoms with Crippen LogP contribution in [0.15, 0.2) is 18.3 Å². The lowest BCUT2D eigenvalue weighted by Crippen LogP contribution is -2.61. The number of aromatic hydroxyl groups is 1. The average molecular weight is 608 g/mol. The van der Waals surface area contributed by atoms with Gasteiger partial charge in [0.25, 0.3) is 11.9 Å². The summed E-state index contributed by atoms with van der Waals surface area (Å²) in [5.41, 5.74) is -1.36. The number of rotatable bonds is 5. The molecule has 2 aliphatic rings. The molecule has 0 aromatic carbocycles. The quantitative estimate of drug-likeness (QED) is 0.244. The summed E-state index contributed by atoms with van der Waals surface area (Å²) in [7, 11) is 0. The second kappa shape index (κ2) is 12.9. The van der Waals surface area contributed by atoms with Gasteiger partial charge in [0, 0.05) is 18.2 Å². The van der Waals surface area contributed by atoms with Crippen LogP contribution < -0.4 is 16.0 Å². The fraction of sp³-hybridized carbons (Fsp3) is 0.500. The highest BCUT2D eigenvalue weighted by Crippen LogP contribution is 2.31. The molecule has 6 atom stereocenters. The number of esters is 1. The second-order valence-electron chi connectivity index (χ2n) is 10.9. The van der Waals surface area contributed by atoms with Crippen molar-refractivity contribution in [3.05, 3.63) is 52.9 Å². The summed E-state index contributed by atoms with van der Waals surface area (Å²) in [6.07, 6.45) is -0.480. The molecule has 0 bridgehead atoms. The molecule has 0 spiro atoms. The smallest absolute Gasteiger partial charge is 0.329 e. The summed E-state index contributed by atoms with van der Waals surface area (Å²) >= 11 is 0. The number of halogens is 3. The molecule has 3 amide bonds. The molecule has 43 heavy (non-hydrogen) atoms. The molecule has 1 unspecified atom stereocenters. The standard InChI is InChI=1S/C28H32F3N5O7/c1-11-15(23(30)36-24(31)18(11)29)10-16-22(38)12(2)25(39)35-20(14-6-4-7-14)28(42)43-13(3)19(26(40)33-16)34-27(41)21-17(37)8-5-9-32-21/h5,8-9,12-14,16,19-20,22,37-38H,4,6-7,10H2,1-3H3,(H,33,40)(H,34,41)(H,35,39)/t12-,13-,16+,19+,20?,22+/m1/s1. The van der Waals surface area contributed by atoms with Gasteiger partial charge in [-0.15, -0.1) is 0 Å². The molecule has 5 N–H and O–H groups in total. The zero-order valence-corrected chi connectivity index (χ0v) is 23.6. The Morgan fingerprint density at radius 3 is 2.44 bits per heavy atom. The number of aliphatic hydroxyl groups excluding tert-OH is 1. The number of cyclic esters (lactones) is 1. The van der Waals surface area contributed by atoms with E-state index in [-0.39, 0.29) is 5.92 Å². The number of aromatic nitrogens is 2. The van der Waals surface area contributed by atoms with E-state index in [1.807, 2.05) is 0 Å². The molecule has 2 aromatic rings. The van der Waals surface area contributed by atoms with Gasteiger partial charge in [0.15, 0.2) is 11.5 Å². The fourth-order valence-corrected chi connectivity index (χ4v) is 5.06. The Balaban J connectivity index is 1.73. The van der Waals surface area contributed by atoms with Gasteiger partial charge in [-0.2, -0.15) is 13.8 Å². The number of amides is 3. The van der Waals surface area contributed by atoms with E-state index in [9.17, 15) is 42.6 Å². The summed E-state index contributed by atoms with van der Waals surface area (Å²) in [5.74, 6) is -10.2. The van der Waals surface area contributed by atoms with E-state index in [4.69, 9.17) is 4.74 Å². The normalized spacial score (nSPS) is 27.1. The van der Waals surface area contributed by atoms with E-state index in [1.165, 1.54) is 32.2 Å². The van der Waals surface area contributed by atoms with Crippen molar-refractivity contribution in [1.29, 1.82) is 0 Å². The monoisotopic (exact) mass is 607 g/mol. The molecular weight excluding hydrogens is 575 g/mol. The van der Waals surface area contributed by atoms with Gasteiger partial charge in [-0.1, -0.05) is 13.3 Å². The van der Waals surface area contributed by atoms with Gasteiger partial charge < -0.3 is 30.9 Å². The highest BCUT2D eigenvalue weighted by molar-refractivity contribution is 5.98. The van der Waals surface area contributed by atoms with Crippen LogP contribution in [0, 0.1) is 36.5 Å². The van der Waals surface area contributed by atoms with Gasteiger partial charge in [-0.05, 0) is 50.3 Å². The molecule has 0 radical (unpaired) electrons. The van der Waals surface area contributed by atoms with E-state index in [0.717, 1.165) is 13.3 Å². The molecule has 1 aliphatic carbocycles. The Labute approximate surface area is 244 Å². The van der Waals surface area contributed by atoms with Crippen molar-refractivity contribution >= 4 is 23.7 Å². The van der Waals surface area contributed by atoms with Crippen molar-refractivity contribution in [3.8, 4) is 5.75 Å². The lowest BCUT2D eigenvalue weighted by atomic mass is 9.79. The fourth-order valence-electron chi connectivity index (χ4n) is 5.06. The maximum atomic E-state index is 14.7. The number of pyridine rings is 2. The van der Waals surface area contributed by atoms with Crippen molar-refractivity contribution < 1.29 is 47.3 Å². The third-order valence-corrected chi connectivity index (χ3v) is 8.01. The molecule has 15 heteroatoms. The van der Waals surface area contributed by atoms with Crippen LogP contribution in [0.2, 0.25) is 0 Å². The lowest BCUT2D eigenvalue weighted by molar-refractivity contribution is -0.158. The average Bonchev–Trinajstić information content (AvgIpc) is 2.93. The SMILES string of the molecule is Cc1c(F)c(F)nc(F)c1C[C@@H]1NC(=O)[C@@H](NC(=O)c2ncccc2O)[C@@H](C)OC(=O)C(C2CCC2)NC(=O)[C@H](C)[C@@H]1O. The van der Waals surface area contributed by atoms with E-state index < -0.39 is 107 Å². The summed E-state index contributed by atoms with van der Waals surface area (Å²) in [4.78, 5) is 59.7. The third-order valence-electron chi connectivity index (χ3n) is 8.01. The number of hydrogen-bond acceptors (Lipinski definition) is 9. The van der Waals surface area contributed by atoms with Gasteiger partial charge in [0.05, 0.1) is 18.1 Å². The maximum absolute atomic E-state index is 14.7. The van der Waals surface area contributed by atoms with Crippen LogP contribution in [-0.4, -0.2) is 74.2 Å². The van der Waals surface area contributed by atoms with Crippen molar-refractivity contribution in [2.45, 2.75) is 76.8 Å². The Morgan fingerprint density at radius 2 is 1.81 bits per heavy atom. The first-order valence-corrected chi connectivity index (χ1v) is 13.7. The molecule has 1 aliphatic heterocycles. The first-order valence-electron chi connectivity index (χ1n) is 13.7. The summed E-state index contributed by atoms with van der Waals surface area (Å²) in [5, 5.41) is 28.7. The molecule has 4 rings (SSSR count). The maximum Gasteiger partial charge on any atom is 0.329 e. The number of nitrogens with one attached hydrogen (secondary N) is 3. The molecule has 1 saturated carbocycles.